The lowest BCUT2D eigenvalue weighted by molar-refractivity contribution is -0.281. The number of nitrogens with zero attached hydrogens (tertiary/aromatic N) is 2. The van der Waals surface area contributed by atoms with Gasteiger partial charge in [0.25, 0.3) is 0 Å². The van der Waals surface area contributed by atoms with Gasteiger partial charge in [-0.25, -0.2) is 0 Å². The summed E-state index contributed by atoms with van der Waals surface area (Å²) in [5.74, 6) is 0. The molecule has 1 saturated heterocycles. The zero-order valence-corrected chi connectivity index (χ0v) is 17.9. The summed E-state index contributed by atoms with van der Waals surface area (Å²) in [6.07, 6.45) is 1.26. The molecule has 1 fully saturated rings. The molecule has 5 nitrogen and oxygen atoms in total. The zero-order chi connectivity index (χ0) is 21.5. The maximum atomic E-state index is 6.90. The van der Waals surface area contributed by atoms with E-state index in [1.807, 2.05) is 68.7 Å². The van der Waals surface area contributed by atoms with Crippen molar-refractivity contribution in [3.63, 3.8) is 0 Å². The minimum atomic E-state index is -0.824. The quantitative estimate of drug-likeness (QED) is 0.320. The van der Waals surface area contributed by atoms with E-state index in [0.717, 1.165) is 16.7 Å². The third kappa shape index (κ3) is 4.85. The van der Waals surface area contributed by atoms with Crippen LogP contribution in [0.2, 0.25) is 0 Å². The van der Waals surface area contributed by atoms with Crippen LogP contribution in [-0.2, 0) is 19.8 Å². The summed E-state index contributed by atoms with van der Waals surface area (Å²) in [5.41, 5.74) is 2.30. The van der Waals surface area contributed by atoms with Gasteiger partial charge in [0.2, 0.25) is 0 Å². The fourth-order valence-electron chi connectivity index (χ4n) is 3.81. The average Bonchev–Trinajstić information content (AvgIpc) is 2.83. The van der Waals surface area contributed by atoms with Gasteiger partial charge in [0.1, 0.15) is 5.60 Å². The number of benzene rings is 3. The molecule has 4 rings (SSSR count). The molecule has 3 aromatic carbocycles. The Morgan fingerprint density at radius 1 is 0.839 bits per heavy atom. The van der Waals surface area contributed by atoms with Crippen molar-refractivity contribution in [3.05, 3.63) is 108 Å². The van der Waals surface area contributed by atoms with Crippen LogP contribution in [0.5, 0.6) is 0 Å². The fraction of sp³-hybridized carbons (Fsp3) is 0.269. The summed E-state index contributed by atoms with van der Waals surface area (Å²) < 4.78 is 18.7. The number of ether oxygens (including phenoxy) is 3. The van der Waals surface area contributed by atoms with Gasteiger partial charge in [0, 0.05) is 20.5 Å². The van der Waals surface area contributed by atoms with E-state index < -0.39 is 18.2 Å². The Hall–Kier alpha value is -2.99. The smallest absolute Gasteiger partial charge is 0.198 e. The highest BCUT2D eigenvalue weighted by Gasteiger charge is 2.41. The van der Waals surface area contributed by atoms with E-state index >= 15 is 0 Å². The number of hydrogen-bond acceptors (Lipinski definition) is 5. The molecule has 0 aromatic heterocycles. The van der Waals surface area contributed by atoms with Crippen LogP contribution in [0.3, 0.4) is 0 Å². The maximum Gasteiger partial charge on any atom is 0.198 e. The highest BCUT2D eigenvalue weighted by atomic mass is 16.8. The van der Waals surface area contributed by atoms with Crippen LogP contribution in [0.15, 0.2) is 96.1 Å². The van der Waals surface area contributed by atoms with Gasteiger partial charge in [-0.3, -0.25) is 0 Å². The fourth-order valence-corrected chi connectivity index (χ4v) is 3.81. The van der Waals surface area contributed by atoms with Crippen molar-refractivity contribution in [1.82, 2.24) is 5.01 Å². The second-order valence-corrected chi connectivity index (χ2v) is 7.60. The normalized spacial score (nSPS) is 19.4. The van der Waals surface area contributed by atoms with Gasteiger partial charge in [-0.1, -0.05) is 91.0 Å². The molecule has 0 saturated carbocycles. The van der Waals surface area contributed by atoms with Crippen LogP contribution in [0.25, 0.3) is 0 Å². The molecular formula is C26H28N2O3. The van der Waals surface area contributed by atoms with E-state index in [1.54, 1.807) is 11.2 Å². The van der Waals surface area contributed by atoms with E-state index in [4.69, 9.17) is 14.2 Å². The molecule has 1 aliphatic rings. The molecule has 31 heavy (non-hydrogen) atoms. The third-order valence-electron chi connectivity index (χ3n) is 5.19. The first-order valence-electron chi connectivity index (χ1n) is 10.5. The van der Waals surface area contributed by atoms with Crippen molar-refractivity contribution in [1.29, 1.82) is 0 Å². The lowest BCUT2D eigenvalue weighted by Gasteiger charge is -2.40. The summed E-state index contributed by atoms with van der Waals surface area (Å²) in [7, 11) is 3.72. The zero-order valence-electron chi connectivity index (χ0n) is 17.9. The number of hydrogen-bond donors (Lipinski definition) is 0. The molecule has 0 amide bonds. The first kappa shape index (κ1) is 21.2. The lowest BCUT2D eigenvalue weighted by Crippen LogP contribution is -2.43. The predicted octanol–water partition coefficient (Wildman–Crippen LogP) is 4.63. The van der Waals surface area contributed by atoms with Crippen molar-refractivity contribution >= 4 is 6.21 Å². The predicted molar refractivity (Wildman–Crippen MR) is 122 cm³/mol. The SMILES string of the molecule is CN(C)/N=C/[C@H]1OCC[C@@H](OC(c2ccccc2)(c2ccccc2)c2ccccc2)O1. The van der Waals surface area contributed by atoms with Crippen LogP contribution in [-0.4, -0.2) is 44.5 Å². The highest BCUT2D eigenvalue weighted by Crippen LogP contribution is 2.42. The molecule has 0 N–H and O–H groups in total. The largest absolute Gasteiger partial charge is 0.347 e. The van der Waals surface area contributed by atoms with Gasteiger partial charge >= 0.3 is 0 Å². The van der Waals surface area contributed by atoms with Crippen LogP contribution in [0.1, 0.15) is 23.1 Å². The first-order chi connectivity index (χ1) is 15.2. The minimum Gasteiger partial charge on any atom is -0.347 e. The van der Waals surface area contributed by atoms with Gasteiger partial charge in [0.05, 0.1) is 12.8 Å². The van der Waals surface area contributed by atoms with E-state index in [1.165, 1.54) is 0 Å². The Kier molecular flexibility index (Phi) is 6.77. The Bertz CT molecular complexity index is 865. The molecule has 0 unspecified atom stereocenters. The van der Waals surface area contributed by atoms with E-state index in [2.05, 4.69) is 41.5 Å². The summed E-state index contributed by atoms with van der Waals surface area (Å²) in [6, 6.07) is 30.9. The topological polar surface area (TPSA) is 43.3 Å². The highest BCUT2D eigenvalue weighted by molar-refractivity contribution is 5.61. The van der Waals surface area contributed by atoms with E-state index in [-0.39, 0.29) is 0 Å². The molecule has 2 atom stereocenters. The third-order valence-corrected chi connectivity index (χ3v) is 5.19. The summed E-state index contributed by atoms with van der Waals surface area (Å²) in [4.78, 5) is 0. The molecule has 0 aliphatic carbocycles. The van der Waals surface area contributed by atoms with Gasteiger partial charge in [-0.15, -0.1) is 0 Å². The Balaban J connectivity index is 1.77. The monoisotopic (exact) mass is 416 g/mol. The standard InChI is InChI=1S/C26H28N2O3/c1-28(2)27-20-25-29-19-18-24(30-25)31-26(21-12-6-3-7-13-21,22-14-8-4-9-15-22)23-16-10-5-11-17-23/h3-17,20,24-25H,18-19H2,1-2H3/b27-20+/t24-,25+/m1/s1. The van der Waals surface area contributed by atoms with E-state index in [0.29, 0.717) is 13.0 Å². The van der Waals surface area contributed by atoms with Crippen LogP contribution < -0.4 is 0 Å². The number of hydrazone groups is 1. The van der Waals surface area contributed by atoms with Gasteiger partial charge in [-0.2, -0.15) is 5.10 Å². The van der Waals surface area contributed by atoms with Crippen molar-refractivity contribution < 1.29 is 14.2 Å². The van der Waals surface area contributed by atoms with Gasteiger partial charge < -0.3 is 19.2 Å². The van der Waals surface area contributed by atoms with E-state index in [9.17, 15) is 0 Å². The Morgan fingerprint density at radius 2 is 1.32 bits per heavy atom. The lowest BCUT2D eigenvalue weighted by atomic mass is 9.80. The van der Waals surface area contributed by atoms with Crippen molar-refractivity contribution in [2.45, 2.75) is 24.6 Å². The average molecular weight is 417 g/mol. The van der Waals surface area contributed by atoms with Gasteiger partial charge in [-0.05, 0) is 16.7 Å². The van der Waals surface area contributed by atoms with Crippen molar-refractivity contribution in [2.75, 3.05) is 20.7 Å². The molecule has 1 aliphatic heterocycles. The van der Waals surface area contributed by atoms with Crippen molar-refractivity contribution in [3.8, 4) is 0 Å². The molecule has 0 bridgehead atoms. The summed E-state index contributed by atoms with van der Waals surface area (Å²) in [6.45, 7) is 0.531. The minimum absolute atomic E-state index is 0.465. The van der Waals surface area contributed by atoms with Crippen molar-refractivity contribution in [2.24, 2.45) is 5.10 Å². The molecule has 3 aromatic rings. The van der Waals surface area contributed by atoms with Gasteiger partial charge in [0.15, 0.2) is 12.6 Å². The molecular weight excluding hydrogens is 388 g/mol. The summed E-state index contributed by atoms with van der Waals surface area (Å²) in [5, 5.41) is 5.96. The van der Waals surface area contributed by atoms with Crippen LogP contribution in [0, 0.1) is 0 Å². The molecule has 160 valence electrons. The molecule has 5 heteroatoms. The molecule has 1 heterocycles. The van der Waals surface area contributed by atoms with Crippen LogP contribution >= 0.6 is 0 Å². The summed E-state index contributed by atoms with van der Waals surface area (Å²) >= 11 is 0. The second-order valence-electron chi connectivity index (χ2n) is 7.60. The molecule has 0 spiro atoms. The Labute approximate surface area is 183 Å². The Morgan fingerprint density at radius 3 is 1.77 bits per heavy atom. The molecule has 0 radical (unpaired) electrons. The van der Waals surface area contributed by atoms with Crippen LogP contribution in [0.4, 0.5) is 0 Å². The maximum absolute atomic E-state index is 6.90. The first-order valence-corrected chi connectivity index (χ1v) is 10.5. The second kappa shape index (κ2) is 9.88. The number of rotatable bonds is 7.